The van der Waals surface area contributed by atoms with Crippen LogP contribution in [0.1, 0.15) is 43.5 Å². The van der Waals surface area contributed by atoms with Crippen LogP contribution in [0.3, 0.4) is 0 Å². The second-order valence-corrected chi connectivity index (χ2v) is 6.71. The lowest BCUT2D eigenvalue weighted by molar-refractivity contribution is -0.123. The molecule has 3 heteroatoms. The van der Waals surface area contributed by atoms with Crippen molar-refractivity contribution in [1.82, 2.24) is 5.32 Å². The van der Waals surface area contributed by atoms with Crippen molar-refractivity contribution < 1.29 is 4.79 Å². The van der Waals surface area contributed by atoms with Gasteiger partial charge in [-0.15, -0.1) is 0 Å². The van der Waals surface area contributed by atoms with Gasteiger partial charge in [0, 0.05) is 11.5 Å². The predicted molar refractivity (Wildman–Crippen MR) is 95.2 cm³/mol. The summed E-state index contributed by atoms with van der Waals surface area (Å²) in [5.74, 6) is -0.148. The summed E-state index contributed by atoms with van der Waals surface area (Å²) in [6, 6.07) is 17.3. The summed E-state index contributed by atoms with van der Waals surface area (Å²) in [6.45, 7) is 8.29. The highest BCUT2D eigenvalue weighted by molar-refractivity contribution is 5.83. The van der Waals surface area contributed by atoms with Gasteiger partial charge in [-0.1, -0.05) is 74.0 Å². The van der Waals surface area contributed by atoms with Gasteiger partial charge < -0.3 is 11.1 Å². The molecule has 0 radical (unpaired) electrons. The summed E-state index contributed by atoms with van der Waals surface area (Å²) < 4.78 is 0. The van der Waals surface area contributed by atoms with Gasteiger partial charge in [-0.25, -0.2) is 0 Å². The summed E-state index contributed by atoms with van der Waals surface area (Å²) in [6.07, 6.45) is 0. The average Bonchev–Trinajstić information content (AvgIpc) is 2.55. The van der Waals surface area contributed by atoms with E-state index in [0.29, 0.717) is 0 Å². The Balaban J connectivity index is 2.08. The lowest BCUT2D eigenvalue weighted by Crippen LogP contribution is -2.48. The van der Waals surface area contributed by atoms with Gasteiger partial charge in [0.25, 0.3) is 0 Å². The van der Waals surface area contributed by atoms with E-state index in [2.05, 4.69) is 31.3 Å². The van der Waals surface area contributed by atoms with Crippen LogP contribution in [0.4, 0.5) is 0 Å². The summed E-state index contributed by atoms with van der Waals surface area (Å²) in [5.41, 5.74) is 9.11. The molecule has 0 saturated carbocycles. The molecule has 23 heavy (non-hydrogen) atoms. The molecule has 0 aliphatic carbocycles. The van der Waals surface area contributed by atoms with E-state index in [1.54, 1.807) is 0 Å². The van der Waals surface area contributed by atoms with Gasteiger partial charge in [0.15, 0.2) is 0 Å². The molecule has 1 amide bonds. The molecule has 2 unspecified atom stereocenters. The molecule has 2 aromatic carbocycles. The lowest BCUT2D eigenvalue weighted by Gasteiger charge is -2.33. The minimum absolute atomic E-state index is 0.0334. The fourth-order valence-corrected chi connectivity index (χ4v) is 2.53. The maximum atomic E-state index is 12.5. The molecule has 0 fully saturated rings. The van der Waals surface area contributed by atoms with Crippen molar-refractivity contribution in [3.63, 3.8) is 0 Å². The summed E-state index contributed by atoms with van der Waals surface area (Å²) >= 11 is 0. The molecule has 3 nitrogen and oxygen atoms in total. The van der Waals surface area contributed by atoms with E-state index >= 15 is 0 Å². The Morgan fingerprint density at radius 2 is 1.61 bits per heavy atom. The first kappa shape index (κ1) is 17.2. The van der Waals surface area contributed by atoms with Crippen LogP contribution in [-0.4, -0.2) is 11.9 Å². The number of nitrogens with two attached hydrogens (primary N) is 1. The number of nitrogens with one attached hydrogen (secondary N) is 1. The van der Waals surface area contributed by atoms with Crippen molar-refractivity contribution in [1.29, 1.82) is 0 Å². The zero-order valence-electron chi connectivity index (χ0n) is 14.3. The topological polar surface area (TPSA) is 55.1 Å². The van der Waals surface area contributed by atoms with Gasteiger partial charge in [0.05, 0.1) is 0 Å². The zero-order valence-corrected chi connectivity index (χ0v) is 14.3. The number of amides is 1. The number of hydrogen-bond donors (Lipinski definition) is 2. The first-order valence-corrected chi connectivity index (χ1v) is 8.00. The quantitative estimate of drug-likeness (QED) is 0.888. The molecule has 0 spiro atoms. The summed E-state index contributed by atoms with van der Waals surface area (Å²) in [5, 5.41) is 3.07. The van der Waals surface area contributed by atoms with Crippen LogP contribution in [0, 0.1) is 6.92 Å². The molecule has 3 N–H and O–H groups in total. The molecule has 122 valence electrons. The Bertz CT molecular complexity index is 647. The van der Waals surface area contributed by atoms with E-state index in [1.807, 2.05) is 56.3 Å². The number of hydrogen-bond acceptors (Lipinski definition) is 2. The third-order valence-electron chi connectivity index (χ3n) is 4.68. The first-order valence-electron chi connectivity index (χ1n) is 8.00. The SMILES string of the molecule is Cc1ccc(C(N)C(=O)NC(C)C(C)(C)c2ccccc2)cc1. The Kier molecular flexibility index (Phi) is 5.22. The minimum atomic E-state index is -0.648. The summed E-state index contributed by atoms with van der Waals surface area (Å²) in [7, 11) is 0. The van der Waals surface area contributed by atoms with Gasteiger partial charge in [-0.05, 0) is 25.0 Å². The monoisotopic (exact) mass is 310 g/mol. The van der Waals surface area contributed by atoms with E-state index in [1.165, 1.54) is 5.56 Å². The van der Waals surface area contributed by atoms with Crippen LogP contribution in [0.25, 0.3) is 0 Å². The van der Waals surface area contributed by atoms with E-state index in [-0.39, 0.29) is 17.4 Å². The second kappa shape index (κ2) is 6.97. The van der Waals surface area contributed by atoms with Crippen LogP contribution < -0.4 is 11.1 Å². The Labute approximate surface area is 138 Å². The fourth-order valence-electron chi connectivity index (χ4n) is 2.53. The smallest absolute Gasteiger partial charge is 0.241 e. The zero-order chi connectivity index (χ0) is 17.0. The van der Waals surface area contributed by atoms with Crippen molar-refractivity contribution in [3.05, 3.63) is 71.3 Å². The minimum Gasteiger partial charge on any atom is -0.351 e. The van der Waals surface area contributed by atoms with Crippen LogP contribution in [0.2, 0.25) is 0 Å². The second-order valence-electron chi connectivity index (χ2n) is 6.71. The fraction of sp³-hybridized carbons (Fsp3) is 0.350. The predicted octanol–water partition coefficient (Wildman–Crippen LogP) is 3.48. The molecular weight excluding hydrogens is 284 g/mol. The molecule has 0 heterocycles. The first-order chi connectivity index (χ1) is 10.8. The van der Waals surface area contributed by atoms with Gasteiger partial charge in [0.2, 0.25) is 5.91 Å². The third-order valence-corrected chi connectivity index (χ3v) is 4.68. The Morgan fingerprint density at radius 3 is 2.17 bits per heavy atom. The van der Waals surface area contributed by atoms with Crippen molar-refractivity contribution in [3.8, 4) is 0 Å². The van der Waals surface area contributed by atoms with Crippen LogP contribution in [-0.2, 0) is 10.2 Å². The highest BCUT2D eigenvalue weighted by atomic mass is 16.2. The van der Waals surface area contributed by atoms with E-state index in [4.69, 9.17) is 5.73 Å². The van der Waals surface area contributed by atoms with Crippen LogP contribution >= 0.6 is 0 Å². The molecule has 2 atom stereocenters. The number of carbonyl (C=O) groups is 1. The maximum absolute atomic E-state index is 12.5. The standard InChI is InChI=1S/C20H26N2O/c1-14-10-12-16(13-11-14)18(21)19(23)22-15(2)20(3,4)17-8-6-5-7-9-17/h5-13,15,18H,21H2,1-4H3,(H,22,23). The van der Waals surface area contributed by atoms with Gasteiger partial charge in [-0.3, -0.25) is 4.79 Å². The van der Waals surface area contributed by atoms with Gasteiger partial charge >= 0.3 is 0 Å². The lowest BCUT2D eigenvalue weighted by atomic mass is 9.78. The Hall–Kier alpha value is -2.13. The van der Waals surface area contributed by atoms with Crippen molar-refractivity contribution >= 4 is 5.91 Å². The summed E-state index contributed by atoms with van der Waals surface area (Å²) in [4.78, 5) is 12.5. The molecule has 0 saturated heterocycles. The Morgan fingerprint density at radius 1 is 1.04 bits per heavy atom. The van der Waals surface area contributed by atoms with Crippen LogP contribution in [0.15, 0.2) is 54.6 Å². The number of carbonyl (C=O) groups excluding carboxylic acids is 1. The van der Waals surface area contributed by atoms with E-state index < -0.39 is 6.04 Å². The molecular formula is C20H26N2O. The number of rotatable bonds is 5. The normalized spacial score (nSPS) is 14.1. The number of benzene rings is 2. The van der Waals surface area contributed by atoms with Crippen molar-refractivity contribution in [2.45, 2.75) is 45.2 Å². The van der Waals surface area contributed by atoms with Crippen molar-refractivity contribution in [2.24, 2.45) is 5.73 Å². The highest BCUT2D eigenvalue weighted by Gasteiger charge is 2.30. The molecule has 2 rings (SSSR count). The molecule has 0 bridgehead atoms. The van der Waals surface area contributed by atoms with Gasteiger partial charge in [0.1, 0.15) is 6.04 Å². The molecule has 2 aromatic rings. The highest BCUT2D eigenvalue weighted by Crippen LogP contribution is 2.27. The van der Waals surface area contributed by atoms with Gasteiger partial charge in [-0.2, -0.15) is 0 Å². The average molecular weight is 310 g/mol. The van der Waals surface area contributed by atoms with E-state index in [9.17, 15) is 4.79 Å². The molecule has 0 aliphatic heterocycles. The largest absolute Gasteiger partial charge is 0.351 e. The molecule has 0 aliphatic rings. The molecule has 0 aromatic heterocycles. The van der Waals surface area contributed by atoms with E-state index in [0.717, 1.165) is 11.1 Å². The number of aryl methyl sites for hydroxylation is 1. The maximum Gasteiger partial charge on any atom is 0.241 e. The van der Waals surface area contributed by atoms with Crippen LogP contribution in [0.5, 0.6) is 0 Å². The van der Waals surface area contributed by atoms with Crippen molar-refractivity contribution in [2.75, 3.05) is 0 Å². The third kappa shape index (κ3) is 3.99.